The van der Waals surface area contributed by atoms with Gasteiger partial charge in [-0.25, -0.2) is 14.5 Å². The minimum atomic E-state index is 0.633. The van der Waals surface area contributed by atoms with Crippen molar-refractivity contribution in [3.8, 4) is 23.1 Å². The summed E-state index contributed by atoms with van der Waals surface area (Å²) in [6.45, 7) is 0. The first-order valence-electron chi connectivity index (χ1n) is 8.66. The van der Waals surface area contributed by atoms with Gasteiger partial charge in [0.15, 0.2) is 5.65 Å². The quantitative estimate of drug-likeness (QED) is 0.385. The fraction of sp³-hybridized carbons (Fsp3) is 0. The number of carbonyl (C=O) groups excluding carboxylic acids is 1. The fourth-order valence-corrected chi connectivity index (χ4v) is 2.99. The summed E-state index contributed by atoms with van der Waals surface area (Å²) in [5, 5.41) is 4.66. The summed E-state index contributed by atoms with van der Waals surface area (Å²) in [6.07, 6.45) is 4.20. The number of nitrogens with zero attached hydrogens (tertiary/aromatic N) is 4. The first-order valence-corrected chi connectivity index (χ1v) is 8.66. The number of aromatic amines is 1. The Balaban J connectivity index is 1.54. The number of fused-ring (bicyclic) bond motifs is 2. The van der Waals surface area contributed by atoms with E-state index < -0.39 is 0 Å². The van der Waals surface area contributed by atoms with Gasteiger partial charge in [-0.2, -0.15) is 5.10 Å². The number of benzene rings is 2. The second kappa shape index (κ2) is 6.49. The number of aldehydes is 1. The van der Waals surface area contributed by atoms with E-state index in [0.29, 0.717) is 11.3 Å². The molecule has 0 saturated carbocycles. The molecule has 132 valence electrons. The van der Waals surface area contributed by atoms with Crippen molar-refractivity contribution in [3.05, 3.63) is 83.9 Å². The van der Waals surface area contributed by atoms with E-state index in [1.165, 1.54) is 0 Å². The van der Waals surface area contributed by atoms with E-state index >= 15 is 0 Å². The second-order valence-electron chi connectivity index (χ2n) is 6.26. The van der Waals surface area contributed by atoms with E-state index in [1.807, 2.05) is 42.5 Å². The minimum Gasteiger partial charge on any atom is -0.345 e. The lowest BCUT2D eigenvalue weighted by atomic mass is 10.1. The summed E-state index contributed by atoms with van der Waals surface area (Å²) in [5.41, 5.74) is 6.50. The molecule has 0 aliphatic carbocycles. The van der Waals surface area contributed by atoms with Crippen LogP contribution >= 0.6 is 0 Å². The molecule has 3 heterocycles. The average Bonchev–Trinajstić information content (AvgIpc) is 3.38. The van der Waals surface area contributed by atoms with Gasteiger partial charge in [0.25, 0.3) is 0 Å². The molecule has 1 N–H and O–H groups in total. The van der Waals surface area contributed by atoms with Gasteiger partial charge in [0.05, 0.1) is 29.3 Å². The van der Waals surface area contributed by atoms with Crippen LogP contribution in [-0.2, 0) is 0 Å². The molecule has 6 heteroatoms. The zero-order chi connectivity index (χ0) is 18.9. The maximum atomic E-state index is 10.8. The van der Waals surface area contributed by atoms with Crippen LogP contribution in [0.3, 0.4) is 0 Å². The molecule has 5 aromatic rings. The maximum absolute atomic E-state index is 10.8. The summed E-state index contributed by atoms with van der Waals surface area (Å²) in [5.74, 6) is 6.30. The molecule has 0 unspecified atom stereocenters. The van der Waals surface area contributed by atoms with Crippen molar-refractivity contribution < 1.29 is 4.79 Å². The standard InChI is InChI=1S/C22H13N5O/c28-13-16-1-5-17(6-2-16)19-9-10-22-23-12-18(27(22)26-19)7-3-15-4-8-20-21(11-15)25-14-24-20/h1-2,4-6,8-14H,(H,24,25). The zero-order valence-electron chi connectivity index (χ0n) is 14.6. The number of rotatable bonds is 2. The fourth-order valence-electron chi connectivity index (χ4n) is 2.99. The van der Waals surface area contributed by atoms with E-state index in [2.05, 4.69) is 31.9 Å². The van der Waals surface area contributed by atoms with Gasteiger partial charge >= 0.3 is 0 Å². The molecule has 0 atom stereocenters. The molecule has 5 rings (SSSR count). The molecule has 2 aromatic carbocycles. The zero-order valence-corrected chi connectivity index (χ0v) is 14.6. The highest BCUT2D eigenvalue weighted by Crippen LogP contribution is 2.18. The van der Waals surface area contributed by atoms with Gasteiger partial charge in [0.1, 0.15) is 12.0 Å². The third kappa shape index (κ3) is 2.81. The first-order chi connectivity index (χ1) is 13.8. The molecular weight excluding hydrogens is 350 g/mol. The highest BCUT2D eigenvalue weighted by atomic mass is 16.1. The SMILES string of the molecule is O=Cc1ccc(-c2ccc3ncc(C#Cc4ccc5nc[nH]c5c4)n3n2)cc1. The number of hydrogen-bond donors (Lipinski definition) is 1. The third-order valence-corrected chi connectivity index (χ3v) is 4.46. The van der Waals surface area contributed by atoms with Crippen molar-refractivity contribution in [1.29, 1.82) is 0 Å². The molecule has 0 amide bonds. The predicted molar refractivity (Wildman–Crippen MR) is 106 cm³/mol. The predicted octanol–water partition coefficient (Wildman–Crippen LogP) is 3.48. The van der Waals surface area contributed by atoms with E-state index in [4.69, 9.17) is 0 Å². The molecule has 0 spiro atoms. The lowest BCUT2D eigenvalue weighted by molar-refractivity contribution is 0.112. The van der Waals surface area contributed by atoms with Crippen molar-refractivity contribution in [2.75, 3.05) is 0 Å². The Kier molecular flexibility index (Phi) is 3.70. The second-order valence-corrected chi connectivity index (χ2v) is 6.26. The van der Waals surface area contributed by atoms with Crippen LogP contribution in [0.1, 0.15) is 21.6 Å². The summed E-state index contributed by atoms with van der Waals surface area (Å²) in [4.78, 5) is 22.5. The normalized spacial score (nSPS) is 10.7. The van der Waals surface area contributed by atoms with Crippen LogP contribution < -0.4 is 0 Å². The van der Waals surface area contributed by atoms with Crippen molar-refractivity contribution in [3.63, 3.8) is 0 Å². The Hall–Kier alpha value is -4.24. The molecule has 0 aliphatic heterocycles. The minimum absolute atomic E-state index is 0.633. The van der Waals surface area contributed by atoms with Crippen LogP contribution in [0.4, 0.5) is 0 Å². The Bertz CT molecular complexity index is 1380. The summed E-state index contributed by atoms with van der Waals surface area (Å²) < 4.78 is 1.73. The van der Waals surface area contributed by atoms with Gasteiger partial charge in [0.2, 0.25) is 0 Å². The molecule has 28 heavy (non-hydrogen) atoms. The van der Waals surface area contributed by atoms with Gasteiger partial charge in [-0.3, -0.25) is 4.79 Å². The van der Waals surface area contributed by atoms with Crippen LogP contribution in [-0.4, -0.2) is 30.9 Å². The monoisotopic (exact) mass is 363 g/mol. The van der Waals surface area contributed by atoms with Crippen LogP contribution in [0.2, 0.25) is 0 Å². The van der Waals surface area contributed by atoms with Crippen LogP contribution in [0.5, 0.6) is 0 Å². The molecule has 0 bridgehead atoms. The molecule has 0 radical (unpaired) electrons. The van der Waals surface area contributed by atoms with Crippen molar-refractivity contribution >= 4 is 23.0 Å². The van der Waals surface area contributed by atoms with Gasteiger partial charge in [-0.1, -0.05) is 30.2 Å². The Labute approximate surface area is 159 Å². The Morgan fingerprint density at radius 3 is 2.71 bits per heavy atom. The lowest BCUT2D eigenvalue weighted by Gasteiger charge is -2.02. The largest absolute Gasteiger partial charge is 0.345 e. The topological polar surface area (TPSA) is 75.9 Å². The van der Waals surface area contributed by atoms with E-state index in [-0.39, 0.29) is 0 Å². The van der Waals surface area contributed by atoms with Crippen LogP contribution in [0.15, 0.2) is 67.1 Å². The molecular formula is C22H13N5O. The number of aromatic nitrogens is 5. The molecule has 0 saturated heterocycles. The van der Waals surface area contributed by atoms with Crippen molar-refractivity contribution in [2.45, 2.75) is 0 Å². The Morgan fingerprint density at radius 1 is 0.964 bits per heavy atom. The van der Waals surface area contributed by atoms with Crippen molar-refractivity contribution in [1.82, 2.24) is 24.6 Å². The summed E-state index contributed by atoms with van der Waals surface area (Å²) in [6, 6.07) is 16.9. The number of hydrogen-bond acceptors (Lipinski definition) is 4. The van der Waals surface area contributed by atoms with E-state index in [1.54, 1.807) is 29.2 Å². The van der Waals surface area contributed by atoms with E-state index in [0.717, 1.165) is 39.8 Å². The highest BCUT2D eigenvalue weighted by Gasteiger charge is 2.06. The highest BCUT2D eigenvalue weighted by molar-refractivity contribution is 5.77. The van der Waals surface area contributed by atoms with Crippen LogP contribution in [0, 0.1) is 11.8 Å². The number of nitrogens with one attached hydrogen (secondary N) is 1. The lowest BCUT2D eigenvalue weighted by Crippen LogP contribution is -1.97. The molecule has 0 aliphatic rings. The number of imidazole rings is 2. The molecule has 6 nitrogen and oxygen atoms in total. The third-order valence-electron chi connectivity index (χ3n) is 4.46. The van der Waals surface area contributed by atoms with Gasteiger partial charge < -0.3 is 4.98 Å². The van der Waals surface area contributed by atoms with Crippen LogP contribution in [0.25, 0.3) is 27.9 Å². The molecule has 0 fully saturated rings. The van der Waals surface area contributed by atoms with Gasteiger partial charge in [-0.15, -0.1) is 0 Å². The molecule has 3 aromatic heterocycles. The Morgan fingerprint density at radius 2 is 1.86 bits per heavy atom. The summed E-state index contributed by atoms with van der Waals surface area (Å²) >= 11 is 0. The number of carbonyl (C=O) groups is 1. The van der Waals surface area contributed by atoms with Gasteiger partial charge in [0, 0.05) is 16.7 Å². The first kappa shape index (κ1) is 16.0. The maximum Gasteiger partial charge on any atom is 0.154 e. The smallest absolute Gasteiger partial charge is 0.154 e. The van der Waals surface area contributed by atoms with Gasteiger partial charge in [-0.05, 0) is 36.3 Å². The van der Waals surface area contributed by atoms with E-state index in [9.17, 15) is 4.79 Å². The van der Waals surface area contributed by atoms with Crippen molar-refractivity contribution in [2.24, 2.45) is 0 Å². The summed E-state index contributed by atoms with van der Waals surface area (Å²) in [7, 11) is 0. The average molecular weight is 363 g/mol. The number of H-pyrrole nitrogens is 1.